The van der Waals surface area contributed by atoms with E-state index in [1.165, 1.54) is 0 Å². The number of rotatable bonds is 2. The zero-order chi connectivity index (χ0) is 10.4. The summed E-state index contributed by atoms with van der Waals surface area (Å²) in [6, 6.07) is 0. The summed E-state index contributed by atoms with van der Waals surface area (Å²) in [6.07, 6.45) is 9.06. The quantitative estimate of drug-likeness (QED) is 0.691. The molecule has 1 aliphatic heterocycles. The van der Waals surface area contributed by atoms with E-state index in [9.17, 15) is 5.11 Å². The van der Waals surface area contributed by atoms with Gasteiger partial charge >= 0.3 is 0 Å². The van der Waals surface area contributed by atoms with Gasteiger partial charge in [-0.25, -0.2) is 0 Å². The first-order valence-electron chi connectivity index (χ1n) is 5.76. The van der Waals surface area contributed by atoms with E-state index >= 15 is 0 Å². The van der Waals surface area contributed by atoms with Crippen LogP contribution < -0.4 is 0 Å². The first-order chi connectivity index (χ1) is 6.77. The fourth-order valence-electron chi connectivity index (χ4n) is 1.86. The van der Waals surface area contributed by atoms with E-state index in [1.54, 1.807) is 0 Å². The molecule has 1 rings (SSSR count). The number of aliphatic hydroxyl groups excluding tert-OH is 1. The van der Waals surface area contributed by atoms with Crippen LogP contribution in [0.4, 0.5) is 0 Å². The van der Waals surface area contributed by atoms with Crippen LogP contribution in [0.25, 0.3) is 0 Å². The zero-order valence-corrected chi connectivity index (χ0v) is 9.28. The van der Waals surface area contributed by atoms with Crippen molar-refractivity contribution in [1.29, 1.82) is 0 Å². The van der Waals surface area contributed by atoms with Crippen LogP contribution in [0.15, 0.2) is 12.2 Å². The van der Waals surface area contributed by atoms with Crippen LogP contribution in [0.3, 0.4) is 0 Å². The molecule has 0 radical (unpaired) electrons. The molecule has 3 atom stereocenters. The lowest BCUT2D eigenvalue weighted by atomic mass is 10.1. The highest BCUT2D eigenvalue weighted by Crippen LogP contribution is 2.18. The largest absolute Gasteiger partial charge is 0.390 e. The van der Waals surface area contributed by atoms with E-state index < -0.39 is 0 Å². The Morgan fingerprint density at radius 1 is 1.29 bits per heavy atom. The number of hydrogen-bond acceptors (Lipinski definition) is 2. The number of ether oxygens (including phenoxy) is 1. The van der Waals surface area contributed by atoms with Crippen LogP contribution in [0.2, 0.25) is 0 Å². The number of hydrogen-bond donors (Lipinski definition) is 1. The van der Waals surface area contributed by atoms with Gasteiger partial charge in [0.15, 0.2) is 0 Å². The normalized spacial score (nSPS) is 36.9. The Hall–Kier alpha value is -0.340. The molecular formula is C12H22O2. The van der Waals surface area contributed by atoms with Gasteiger partial charge in [0.2, 0.25) is 0 Å². The molecule has 14 heavy (non-hydrogen) atoms. The molecule has 0 bridgehead atoms. The summed E-state index contributed by atoms with van der Waals surface area (Å²) in [5.41, 5.74) is 0. The smallest absolute Gasteiger partial charge is 0.0838 e. The van der Waals surface area contributed by atoms with E-state index in [4.69, 9.17) is 4.74 Å². The topological polar surface area (TPSA) is 29.5 Å². The molecular weight excluding hydrogens is 176 g/mol. The van der Waals surface area contributed by atoms with Crippen LogP contribution in [0.1, 0.15) is 46.0 Å². The molecule has 0 aromatic carbocycles. The highest BCUT2D eigenvalue weighted by atomic mass is 16.5. The Morgan fingerprint density at radius 3 is 2.71 bits per heavy atom. The highest BCUT2D eigenvalue weighted by Gasteiger charge is 2.21. The second kappa shape index (κ2) is 6.20. The molecule has 0 saturated carbocycles. The lowest BCUT2D eigenvalue weighted by Gasteiger charge is -2.25. The first kappa shape index (κ1) is 11.7. The molecule has 0 aromatic heterocycles. The predicted molar refractivity (Wildman–Crippen MR) is 58.2 cm³/mol. The summed E-state index contributed by atoms with van der Waals surface area (Å²) >= 11 is 0. The van der Waals surface area contributed by atoms with Crippen molar-refractivity contribution in [1.82, 2.24) is 0 Å². The fraction of sp³-hybridized carbons (Fsp3) is 0.833. The van der Waals surface area contributed by atoms with Gasteiger partial charge in [-0.15, -0.1) is 0 Å². The number of allylic oxidation sites excluding steroid dienone is 1. The maximum atomic E-state index is 9.84. The van der Waals surface area contributed by atoms with Crippen molar-refractivity contribution >= 4 is 0 Å². The molecule has 2 heteroatoms. The molecule has 0 fully saturated rings. The van der Waals surface area contributed by atoms with E-state index in [0.717, 1.165) is 32.1 Å². The van der Waals surface area contributed by atoms with Gasteiger partial charge in [-0.3, -0.25) is 0 Å². The van der Waals surface area contributed by atoms with E-state index in [2.05, 4.69) is 26.0 Å². The molecule has 0 aliphatic carbocycles. The van der Waals surface area contributed by atoms with E-state index in [-0.39, 0.29) is 12.2 Å². The molecule has 0 saturated heterocycles. The lowest BCUT2D eigenvalue weighted by Crippen LogP contribution is -2.31. The third kappa shape index (κ3) is 3.43. The molecule has 1 N–H and O–H groups in total. The van der Waals surface area contributed by atoms with Crippen LogP contribution >= 0.6 is 0 Å². The van der Waals surface area contributed by atoms with E-state index in [0.29, 0.717) is 6.10 Å². The van der Waals surface area contributed by atoms with Crippen LogP contribution in [0.5, 0.6) is 0 Å². The Morgan fingerprint density at radius 2 is 2.07 bits per heavy atom. The molecule has 2 nitrogen and oxygen atoms in total. The van der Waals surface area contributed by atoms with Crippen molar-refractivity contribution in [2.75, 3.05) is 0 Å². The Labute approximate surface area is 87.0 Å². The maximum absolute atomic E-state index is 9.84. The van der Waals surface area contributed by atoms with Gasteiger partial charge < -0.3 is 9.84 Å². The third-order valence-electron chi connectivity index (χ3n) is 2.85. The standard InChI is InChI=1S/C12H22O2/c1-3-10-8-6-5-7-9-11(13)12(4-2)14-10/h5,7,10-13H,3-4,6,8-9H2,1-2H3/b7-5-/t10-,11-,12-/m0/s1. The van der Waals surface area contributed by atoms with E-state index in [1.807, 2.05) is 0 Å². The average Bonchev–Trinajstić information content (AvgIpc) is 2.29. The molecule has 1 heterocycles. The minimum absolute atomic E-state index is 0.0164. The monoisotopic (exact) mass is 198 g/mol. The minimum Gasteiger partial charge on any atom is -0.390 e. The second-order valence-corrected chi connectivity index (χ2v) is 3.96. The summed E-state index contributed by atoms with van der Waals surface area (Å²) in [4.78, 5) is 0. The van der Waals surface area contributed by atoms with Crippen molar-refractivity contribution < 1.29 is 9.84 Å². The SMILES string of the molecule is CC[C@H]1CC/C=C\C[C@H](O)[C@H](CC)O1. The molecule has 82 valence electrons. The van der Waals surface area contributed by atoms with Crippen molar-refractivity contribution in [3.05, 3.63) is 12.2 Å². The van der Waals surface area contributed by atoms with Gasteiger partial charge in [0.25, 0.3) is 0 Å². The van der Waals surface area contributed by atoms with Crippen molar-refractivity contribution in [2.24, 2.45) is 0 Å². The predicted octanol–water partition coefficient (Wildman–Crippen LogP) is 2.66. The van der Waals surface area contributed by atoms with Gasteiger partial charge in [0.05, 0.1) is 18.3 Å². The third-order valence-corrected chi connectivity index (χ3v) is 2.85. The zero-order valence-electron chi connectivity index (χ0n) is 9.28. The second-order valence-electron chi connectivity index (χ2n) is 3.96. The van der Waals surface area contributed by atoms with Gasteiger partial charge in [-0.2, -0.15) is 0 Å². The Kier molecular flexibility index (Phi) is 5.20. The fourth-order valence-corrected chi connectivity index (χ4v) is 1.86. The van der Waals surface area contributed by atoms with Crippen molar-refractivity contribution in [2.45, 2.75) is 64.3 Å². The Balaban J connectivity index is 2.58. The summed E-state index contributed by atoms with van der Waals surface area (Å²) in [7, 11) is 0. The summed E-state index contributed by atoms with van der Waals surface area (Å²) < 4.78 is 5.89. The van der Waals surface area contributed by atoms with Gasteiger partial charge in [0.1, 0.15) is 0 Å². The van der Waals surface area contributed by atoms with Crippen molar-refractivity contribution in [3.63, 3.8) is 0 Å². The van der Waals surface area contributed by atoms with Gasteiger partial charge in [0, 0.05) is 0 Å². The first-order valence-corrected chi connectivity index (χ1v) is 5.76. The van der Waals surface area contributed by atoms with Crippen molar-refractivity contribution in [3.8, 4) is 0 Å². The minimum atomic E-state index is -0.330. The molecule has 0 amide bonds. The highest BCUT2D eigenvalue weighted by molar-refractivity contribution is 4.88. The van der Waals surface area contributed by atoms with Crippen LogP contribution in [0, 0.1) is 0 Å². The summed E-state index contributed by atoms with van der Waals surface area (Å²) in [6.45, 7) is 4.22. The maximum Gasteiger partial charge on any atom is 0.0838 e. The summed E-state index contributed by atoms with van der Waals surface area (Å²) in [5, 5.41) is 9.84. The number of aliphatic hydroxyl groups is 1. The average molecular weight is 198 g/mol. The molecule has 1 aliphatic rings. The molecule has 0 spiro atoms. The Bertz CT molecular complexity index is 177. The van der Waals surface area contributed by atoms with Gasteiger partial charge in [-0.05, 0) is 32.1 Å². The molecule has 0 unspecified atom stereocenters. The molecule has 0 aromatic rings. The van der Waals surface area contributed by atoms with Crippen LogP contribution in [-0.2, 0) is 4.74 Å². The lowest BCUT2D eigenvalue weighted by molar-refractivity contribution is -0.0789. The van der Waals surface area contributed by atoms with Gasteiger partial charge in [-0.1, -0.05) is 26.0 Å². The van der Waals surface area contributed by atoms with Crippen LogP contribution in [-0.4, -0.2) is 23.4 Å². The summed E-state index contributed by atoms with van der Waals surface area (Å²) in [5.74, 6) is 0.